The van der Waals surface area contributed by atoms with E-state index in [0.29, 0.717) is 12.3 Å². The van der Waals surface area contributed by atoms with Gasteiger partial charge in [0.2, 0.25) is 0 Å². The van der Waals surface area contributed by atoms with Crippen molar-refractivity contribution >= 4 is 11.6 Å². The number of hydroxylamine groups is 1. The maximum Gasteiger partial charge on any atom is 0.282 e. The second-order valence-electron chi connectivity index (χ2n) is 3.27. The lowest BCUT2D eigenvalue weighted by Crippen LogP contribution is -2.31. The monoisotopic (exact) mass is 233 g/mol. The average molecular weight is 233 g/mol. The number of pyridine rings is 1. The van der Waals surface area contributed by atoms with Crippen molar-refractivity contribution in [3.05, 3.63) is 46.5 Å². The van der Waals surface area contributed by atoms with Gasteiger partial charge in [-0.15, -0.1) is 0 Å². The van der Waals surface area contributed by atoms with Gasteiger partial charge >= 0.3 is 0 Å². The topological polar surface area (TPSA) is 72.7 Å². The summed E-state index contributed by atoms with van der Waals surface area (Å²) >= 11 is 0. The van der Waals surface area contributed by atoms with E-state index in [1.165, 1.54) is 10.6 Å². The van der Waals surface area contributed by atoms with Crippen LogP contribution in [0.5, 0.6) is 0 Å². The highest BCUT2D eigenvalue weighted by Gasteiger charge is 2.12. The summed E-state index contributed by atoms with van der Waals surface area (Å²) in [6, 6.07) is 5.15. The summed E-state index contributed by atoms with van der Waals surface area (Å²) < 4.78 is 1.31. The quantitative estimate of drug-likeness (QED) is 0.778. The van der Waals surface area contributed by atoms with E-state index in [-0.39, 0.29) is 5.56 Å². The molecule has 0 aromatic carbocycles. The van der Waals surface area contributed by atoms with Crippen LogP contribution in [-0.4, -0.2) is 21.9 Å². The molecule has 0 saturated heterocycles. The number of fused-ring (bicyclic) bond motifs is 1. The molecular formula is C11H11N3O3. The van der Waals surface area contributed by atoms with Crippen LogP contribution in [0.3, 0.4) is 0 Å². The van der Waals surface area contributed by atoms with Gasteiger partial charge in [0.05, 0.1) is 6.61 Å². The number of carbonyl (C=O) groups is 1. The van der Waals surface area contributed by atoms with Gasteiger partial charge in [0.1, 0.15) is 11.2 Å². The first-order valence-corrected chi connectivity index (χ1v) is 5.12. The summed E-state index contributed by atoms with van der Waals surface area (Å²) in [6.07, 6.45) is 2.80. The second kappa shape index (κ2) is 4.75. The minimum Gasteiger partial charge on any atom is -0.274 e. The van der Waals surface area contributed by atoms with Gasteiger partial charge in [-0.2, -0.15) is 0 Å². The zero-order chi connectivity index (χ0) is 12.3. The Kier molecular flexibility index (Phi) is 3.15. The fourth-order valence-electron chi connectivity index (χ4n) is 1.38. The molecule has 6 heteroatoms. The molecular weight excluding hydrogens is 222 g/mol. The fourth-order valence-corrected chi connectivity index (χ4v) is 1.38. The van der Waals surface area contributed by atoms with E-state index in [4.69, 9.17) is 4.84 Å². The first kappa shape index (κ1) is 11.3. The molecule has 2 rings (SSSR count). The molecule has 2 heterocycles. The molecule has 1 N–H and O–H groups in total. The Balaban J connectivity index is 2.46. The van der Waals surface area contributed by atoms with Crippen molar-refractivity contribution in [2.75, 3.05) is 6.61 Å². The number of aromatic nitrogens is 2. The van der Waals surface area contributed by atoms with Gasteiger partial charge in [-0.3, -0.25) is 18.8 Å². The molecule has 0 bridgehead atoms. The number of hydrogen-bond acceptors (Lipinski definition) is 4. The van der Waals surface area contributed by atoms with Crippen molar-refractivity contribution in [1.82, 2.24) is 14.9 Å². The molecule has 6 nitrogen and oxygen atoms in total. The van der Waals surface area contributed by atoms with Gasteiger partial charge in [-0.25, -0.2) is 10.5 Å². The lowest BCUT2D eigenvalue weighted by molar-refractivity contribution is 0.0362. The van der Waals surface area contributed by atoms with E-state index in [9.17, 15) is 9.59 Å². The van der Waals surface area contributed by atoms with Crippen molar-refractivity contribution in [2.24, 2.45) is 0 Å². The lowest BCUT2D eigenvalue weighted by Gasteiger charge is -2.04. The molecule has 0 radical (unpaired) electrons. The molecule has 88 valence electrons. The van der Waals surface area contributed by atoms with E-state index in [1.54, 1.807) is 31.3 Å². The van der Waals surface area contributed by atoms with Gasteiger partial charge in [-0.05, 0) is 19.1 Å². The normalized spacial score (nSPS) is 10.4. The molecule has 17 heavy (non-hydrogen) atoms. The Bertz CT molecular complexity index is 606. The highest BCUT2D eigenvalue weighted by Crippen LogP contribution is 1.97. The third-order valence-corrected chi connectivity index (χ3v) is 2.17. The Morgan fingerprint density at radius 2 is 2.35 bits per heavy atom. The van der Waals surface area contributed by atoms with Crippen molar-refractivity contribution in [3.8, 4) is 0 Å². The van der Waals surface area contributed by atoms with E-state index in [0.717, 1.165) is 0 Å². The molecule has 0 aliphatic carbocycles. The number of hydrogen-bond donors (Lipinski definition) is 1. The van der Waals surface area contributed by atoms with E-state index in [1.807, 2.05) is 0 Å². The molecule has 0 spiro atoms. The largest absolute Gasteiger partial charge is 0.282 e. The van der Waals surface area contributed by atoms with Crippen LogP contribution in [0.4, 0.5) is 0 Å². The van der Waals surface area contributed by atoms with E-state index < -0.39 is 11.5 Å². The number of amides is 1. The standard InChI is InChI=1S/C11H11N3O3/c1-2-17-13-10(15)8-7-12-9-5-3-4-6-14(9)11(8)16/h3-7H,2H2,1H3,(H,13,15). The number of nitrogens with one attached hydrogen (secondary N) is 1. The summed E-state index contributed by atoms with van der Waals surface area (Å²) in [5, 5.41) is 0. The van der Waals surface area contributed by atoms with Crippen LogP contribution in [0.15, 0.2) is 35.4 Å². The molecule has 0 unspecified atom stereocenters. The third-order valence-electron chi connectivity index (χ3n) is 2.17. The number of nitrogens with zero attached hydrogens (tertiary/aromatic N) is 2. The van der Waals surface area contributed by atoms with E-state index >= 15 is 0 Å². The summed E-state index contributed by atoms with van der Waals surface area (Å²) in [7, 11) is 0. The zero-order valence-electron chi connectivity index (χ0n) is 9.21. The summed E-state index contributed by atoms with van der Waals surface area (Å²) in [4.78, 5) is 32.3. The van der Waals surface area contributed by atoms with Crippen molar-refractivity contribution in [1.29, 1.82) is 0 Å². The van der Waals surface area contributed by atoms with Crippen LogP contribution in [0.1, 0.15) is 17.3 Å². The Morgan fingerprint density at radius 3 is 3.12 bits per heavy atom. The first-order chi connectivity index (χ1) is 8.24. The maximum atomic E-state index is 11.9. The molecule has 0 aliphatic rings. The molecule has 0 aliphatic heterocycles. The first-order valence-electron chi connectivity index (χ1n) is 5.12. The third kappa shape index (κ3) is 2.16. The van der Waals surface area contributed by atoms with Gasteiger partial charge < -0.3 is 0 Å². The van der Waals surface area contributed by atoms with Gasteiger partial charge in [0.25, 0.3) is 11.5 Å². The van der Waals surface area contributed by atoms with Gasteiger partial charge in [-0.1, -0.05) is 6.07 Å². The van der Waals surface area contributed by atoms with Crippen LogP contribution in [0.2, 0.25) is 0 Å². The average Bonchev–Trinajstić information content (AvgIpc) is 2.37. The van der Waals surface area contributed by atoms with Crippen LogP contribution in [0.25, 0.3) is 5.65 Å². The second-order valence-corrected chi connectivity index (χ2v) is 3.27. The molecule has 0 atom stereocenters. The zero-order valence-corrected chi connectivity index (χ0v) is 9.21. The molecule has 0 fully saturated rings. The van der Waals surface area contributed by atoms with Crippen LogP contribution < -0.4 is 11.0 Å². The van der Waals surface area contributed by atoms with Gasteiger partial charge in [0.15, 0.2) is 0 Å². The summed E-state index contributed by atoms with van der Waals surface area (Å²) in [5.74, 6) is -0.595. The molecule has 1 amide bonds. The minimum atomic E-state index is -0.595. The molecule has 0 saturated carbocycles. The SMILES string of the molecule is CCONC(=O)c1cnc2ccccn2c1=O. The smallest absolute Gasteiger partial charge is 0.274 e. The Hall–Kier alpha value is -2.21. The predicted octanol–water partition coefficient (Wildman–Crippen LogP) is 0.376. The Labute approximate surface area is 96.8 Å². The van der Waals surface area contributed by atoms with Crippen molar-refractivity contribution in [2.45, 2.75) is 6.92 Å². The maximum absolute atomic E-state index is 11.9. The molecule has 2 aromatic rings. The highest BCUT2D eigenvalue weighted by atomic mass is 16.6. The van der Waals surface area contributed by atoms with Crippen molar-refractivity contribution < 1.29 is 9.63 Å². The predicted molar refractivity (Wildman–Crippen MR) is 60.6 cm³/mol. The van der Waals surface area contributed by atoms with Gasteiger partial charge in [0, 0.05) is 12.4 Å². The number of carbonyl (C=O) groups excluding carboxylic acids is 1. The lowest BCUT2D eigenvalue weighted by atomic mass is 10.3. The fraction of sp³-hybridized carbons (Fsp3) is 0.182. The highest BCUT2D eigenvalue weighted by molar-refractivity contribution is 5.92. The van der Waals surface area contributed by atoms with Crippen molar-refractivity contribution in [3.63, 3.8) is 0 Å². The van der Waals surface area contributed by atoms with Crippen LogP contribution in [-0.2, 0) is 4.84 Å². The van der Waals surface area contributed by atoms with E-state index in [2.05, 4.69) is 10.5 Å². The number of rotatable bonds is 3. The summed E-state index contributed by atoms with van der Waals surface area (Å²) in [6.45, 7) is 2.06. The Morgan fingerprint density at radius 1 is 1.53 bits per heavy atom. The summed E-state index contributed by atoms with van der Waals surface area (Å²) in [5.41, 5.74) is 2.18. The molecule has 2 aromatic heterocycles. The minimum absolute atomic E-state index is 0.0536. The van der Waals surface area contributed by atoms with Crippen LogP contribution >= 0.6 is 0 Å². The van der Waals surface area contributed by atoms with Crippen LogP contribution in [0, 0.1) is 0 Å².